The predicted molar refractivity (Wildman–Crippen MR) is 212 cm³/mol. The number of hydrogen-bond acceptors (Lipinski definition) is 1. The first kappa shape index (κ1) is 29.6. The smallest absolute Gasteiger partial charge is 0.0787 e. The van der Waals surface area contributed by atoms with Crippen LogP contribution in [0.15, 0.2) is 200 Å². The molecule has 8 aromatic carbocycles. The fourth-order valence-corrected chi connectivity index (χ4v) is 7.31. The van der Waals surface area contributed by atoms with E-state index in [1.165, 1.54) is 54.9 Å². The van der Waals surface area contributed by atoms with Crippen molar-refractivity contribution in [3.8, 4) is 67.0 Å². The van der Waals surface area contributed by atoms with E-state index in [9.17, 15) is 0 Å². The SMILES string of the molecule is c1ccc(-c2ccc(-c3ccc(-c4ccc5c(-c6ccccc6)c6ccccc6c(-c6ccccc6)c5c4)cc3)nc2-c2ccccc2)cc1. The highest BCUT2D eigenvalue weighted by atomic mass is 14.7. The molecule has 1 aromatic heterocycles. The van der Waals surface area contributed by atoms with Crippen LogP contribution in [-0.2, 0) is 0 Å². The van der Waals surface area contributed by atoms with Gasteiger partial charge in [0.25, 0.3) is 0 Å². The Morgan fingerprint density at radius 3 is 1.28 bits per heavy atom. The Morgan fingerprint density at radius 1 is 0.260 bits per heavy atom. The molecule has 50 heavy (non-hydrogen) atoms. The monoisotopic (exact) mass is 635 g/mol. The number of fused-ring (bicyclic) bond motifs is 2. The Bertz CT molecular complexity index is 2590. The molecule has 0 atom stereocenters. The minimum absolute atomic E-state index is 0.957. The van der Waals surface area contributed by atoms with E-state index in [1.807, 2.05) is 0 Å². The fraction of sp³-hybridized carbons (Fsp3) is 0. The van der Waals surface area contributed by atoms with E-state index in [0.717, 1.165) is 33.6 Å². The number of aromatic nitrogens is 1. The molecule has 0 saturated heterocycles. The summed E-state index contributed by atoms with van der Waals surface area (Å²) >= 11 is 0. The Balaban J connectivity index is 1.18. The van der Waals surface area contributed by atoms with Gasteiger partial charge in [0, 0.05) is 16.7 Å². The summed E-state index contributed by atoms with van der Waals surface area (Å²) in [6, 6.07) is 71.6. The molecule has 9 aromatic rings. The second-order valence-corrected chi connectivity index (χ2v) is 12.7. The largest absolute Gasteiger partial charge is 0.247 e. The van der Waals surface area contributed by atoms with E-state index in [-0.39, 0.29) is 0 Å². The minimum Gasteiger partial charge on any atom is -0.247 e. The van der Waals surface area contributed by atoms with Crippen LogP contribution in [0.5, 0.6) is 0 Å². The normalized spacial score (nSPS) is 11.2. The van der Waals surface area contributed by atoms with Crippen LogP contribution in [0.2, 0.25) is 0 Å². The van der Waals surface area contributed by atoms with Crippen molar-refractivity contribution < 1.29 is 0 Å². The highest BCUT2D eigenvalue weighted by Crippen LogP contribution is 2.45. The molecule has 0 saturated carbocycles. The van der Waals surface area contributed by atoms with Gasteiger partial charge in [-0.2, -0.15) is 0 Å². The Morgan fingerprint density at radius 2 is 0.700 bits per heavy atom. The van der Waals surface area contributed by atoms with Gasteiger partial charge in [-0.25, -0.2) is 4.98 Å². The molecule has 0 unspecified atom stereocenters. The average Bonchev–Trinajstić information content (AvgIpc) is 3.21. The molecule has 0 aliphatic rings. The maximum Gasteiger partial charge on any atom is 0.0787 e. The van der Waals surface area contributed by atoms with E-state index in [2.05, 4.69) is 200 Å². The minimum atomic E-state index is 0.957. The van der Waals surface area contributed by atoms with Gasteiger partial charge in [0.05, 0.1) is 11.4 Å². The van der Waals surface area contributed by atoms with Crippen LogP contribution < -0.4 is 0 Å². The summed E-state index contributed by atoms with van der Waals surface area (Å²) in [7, 11) is 0. The van der Waals surface area contributed by atoms with Gasteiger partial charge in [-0.15, -0.1) is 0 Å². The van der Waals surface area contributed by atoms with Crippen molar-refractivity contribution in [2.45, 2.75) is 0 Å². The van der Waals surface area contributed by atoms with Crippen LogP contribution in [0.3, 0.4) is 0 Å². The van der Waals surface area contributed by atoms with E-state index >= 15 is 0 Å². The average molecular weight is 636 g/mol. The number of pyridine rings is 1. The summed E-state index contributed by atoms with van der Waals surface area (Å²) in [5.74, 6) is 0. The molecule has 0 aliphatic heterocycles. The van der Waals surface area contributed by atoms with Gasteiger partial charge in [-0.1, -0.05) is 188 Å². The molecule has 9 rings (SSSR count). The summed E-state index contributed by atoms with van der Waals surface area (Å²) in [6.45, 7) is 0. The van der Waals surface area contributed by atoms with Crippen molar-refractivity contribution in [2.75, 3.05) is 0 Å². The van der Waals surface area contributed by atoms with Gasteiger partial charge < -0.3 is 0 Å². The zero-order valence-corrected chi connectivity index (χ0v) is 27.5. The van der Waals surface area contributed by atoms with Crippen LogP contribution in [0, 0.1) is 0 Å². The van der Waals surface area contributed by atoms with E-state index in [4.69, 9.17) is 4.98 Å². The molecule has 0 fully saturated rings. The van der Waals surface area contributed by atoms with Crippen LogP contribution in [0.1, 0.15) is 0 Å². The maximum absolute atomic E-state index is 5.25. The molecule has 0 aliphatic carbocycles. The van der Waals surface area contributed by atoms with E-state index < -0.39 is 0 Å². The zero-order chi connectivity index (χ0) is 33.3. The molecule has 0 amide bonds. The quantitative estimate of drug-likeness (QED) is 0.166. The first-order valence-electron chi connectivity index (χ1n) is 17.1. The zero-order valence-electron chi connectivity index (χ0n) is 27.5. The molecule has 0 N–H and O–H groups in total. The van der Waals surface area contributed by atoms with Crippen molar-refractivity contribution in [1.82, 2.24) is 4.98 Å². The van der Waals surface area contributed by atoms with Crippen molar-refractivity contribution in [3.63, 3.8) is 0 Å². The fourth-order valence-electron chi connectivity index (χ4n) is 7.31. The number of hydrogen-bond donors (Lipinski definition) is 0. The Hall–Kier alpha value is -6.57. The van der Waals surface area contributed by atoms with Crippen molar-refractivity contribution >= 4 is 21.5 Å². The van der Waals surface area contributed by atoms with Crippen molar-refractivity contribution in [3.05, 3.63) is 200 Å². The molecule has 1 heterocycles. The van der Waals surface area contributed by atoms with Gasteiger partial charge in [0.2, 0.25) is 0 Å². The third kappa shape index (κ3) is 5.36. The molecule has 1 nitrogen and oxygen atoms in total. The van der Waals surface area contributed by atoms with Crippen molar-refractivity contribution in [2.24, 2.45) is 0 Å². The first-order chi connectivity index (χ1) is 24.8. The predicted octanol–water partition coefficient (Wildman–Crippen LogP) is 13.4. The molecule has 0 bridgehead atoms. The van der Waals surface area contributed by atoms with Crippen LogP contribution in [0.25, 0.3) is 88.6 Å². The highest BCUT2D eigenvalue weighted by Gasteiger charge is 2.18. The summed E-state index contributed by atoms with van der Waals surface area (Å²) in [6.07, 6.45) is 0. The van der Waals surface area contributed by atoms with Gasteiger partial charge >= 0.3 is 0 Å². The molecular weight excluding hydrogens is 603 g/mol. The lowest BCUT2D eigenvalue weighted by Crippen LogP contribution is -1.93. The lowest BCUT2D eigenvalue weighted by molar-refractivity contribution is 1.32. The second-order valence-electron chi connectivity index (χ2n) is 12.7. The highest BCUT2D eigenvalue weighted by molar-refractivity contribution is 6.22. The van der Waals surface area contributed by atoms with E-state index in [0.29, 0.717) is 0 Å². The Kier molecular flexibility index (Phi) is 7.57. The van der Waals surface area contributed by atoms with Crippen LogP contribution in [0.4, 0.5) is 0 Å². The maximum atomic E-state index is 5.25. The third-order valence-corrected chi connectivity index (χ3v) is 9.69. The standard InChI is InChI=1S/C49H33N/c1-5-15-35(16-6-1)41-31-32-46(50-49(41)39-21-11-4-12-22-39)36-27-25-34(26-28-36)40-29-30-44-45(33-40)48(38-19-9-3-10-20-38)43-24-14-13-23-42(43)47(44)37-17-7-2-8-18-37/h1-33H. The van der Waals surface area contributed by atoms with Crippen molar-refractivity contribution in [1.29, 1.82) is 0 Å². The second kappa shape index (κ2) is 12.8. The summed E-state index contributed by atoms with van der Waals surface area (Å²) in [5, 5.41) is 5.03. The number of rotatable bonds is 6. The first-order valence-corrected chi connectivity index (χ1v) is 17.1. The topological polar surface area (TPSA) is 12.9 Å². The van der Waals surface area contributed by atoms with Crippen LogP contribution >= 0.6 is 0 Å². The lowest BCUT2D eigenvalue weighted by atomic mass is 9.85. The molecule has 234 valence electrons. The van der Waals surface area contributed by atoms with Gasteiger partial charge in [0.1, 0.15) is 0 Å². The molecule has 0 spiro atoms. The van der Waals surface area contributed by atoms with Crippen LogP contribution in [-0.4, -0.2) is 4.98 Å². The molecular formula is C49H33N. The third-order valence-electron chi connectivity index (χ3n) is 9.69. The van der Waals surface area contributed by atoms with Gasteiger partial charge in [-0.05, 0) is 72.6 Å². The summed E-state index contributed by atoms with van der Waals surface area (Å²) in [5.41, 5.74) is 13.8. The number of benzene rings is 8. The van der Waals surface area contributed by atoms with Gasteiger partial charge in [-0.3, -0.25) is 0 Å². The molecule has 0 radical (unpaired) electrons. The Labute approximate surface area is 292 Å². The van der Waals surface area contributed by atoms with Gasteiger partial charge in [0.15, 0.2) is 0 Å². The summed E-state index contributed by atoms with van der Waals surface area (Å²) < 4.78 is 0. The van der Waals surface area contributed by atoms with E-state index in [1.54, 1.807) is 0 Å². The lowest BCUT2D eigenvalue weighted by Gasteiger charge is -2.18. The molecule has 1 heteroatoms. The summed E-state index contributed by atoms with van der Waals surface area (Å²) in [4.78, 5) is 5.25. The number of nitrogens with zero attached hydrogens (tertiary/aromatic N) is 1.